The van der Waals surface area contributed by atoms with Crippen LogP contribution >= 0.6 is 50.4 Å². The van der Waals surface area contributed by atoms with Crippen LogP contribution in [0, 0.1) is 0 Å². The van der Waals surface area contributed by atoms with Crippen LogP contribution in [-0.4, -0.2) is 0 Å². The molecule has 0 fully saturated rings. The highest BCUT2D eigenvalue weighted by atomic mass is 79.9. The first kappa shape index (κ1) is 9.77. The average molecular weight is 291 g/mol. The summed E-state index contributed by atoms with van der Waals surface area (Å²) in [4.78, 5) is 1.42. The van der Waals surface area contributed by atoms with Crippen molar-refractivity contribution in [3.63, 3.8) is 0 Å². The molecule has 0 aliphatic carbocycles. The summed E-state index contributed by atoms with van der Waals surface area (Å²) in [5.74, 6) is 1.08. The topological polar surface area (TPSA) is 0 Å². The van der Waals surface area contributed by atoms with Gasteiger partial charge in [-0.05, 0) is 39.5 Å². The molecule has 0 nitrogen and oxygen atoms in total. The van der Waals surface area contributed by atoms with Crippen molar-refractivity contribution >= 4 is 50.4 Å². The van der Waals surface area contributed by atoms with Crippen molar-refractivity contribution in [1.82, 2.24) is 0 Å². The molecule has 0 bridgehead atoms. The number of rotatable bonds is 3. The highest BCUT2D eigenvalue weighted by Gasteiger charge is 1.99. The van der Waals surface area contributed by atoms with Crippen LogP contribution in [0.2, 0.25) is 0 Å². The fourth-order valence-electron chi connectivity index (χ4n) is 0.917. The molecular weight excluding hydrogens is 284 g/mol. The molecule has 0 spiro atoms. The highest BCUT2D eigenvalue weighted by Crippen LogP contribution is 2.31. The predicted octanol–water partition coefficient (Wildman–Crippen LogP) is 4.86. The molecule has 2 heterocycles. The van der Waals surface area contributed by atoms with E-state index in [0.717, 1.165) is 5.75 Å². The van der Waals surface area contributed by atoms with E-state index in [0.29, 0.717) is 0 Å². The first-order valence-corrected chi connectivity index (χ1v) is 7.22. The van der Waals surface area contributed by atoms with Crippen molar-refractivity contribution in [2.45, 2.75) is 9.96 Å². The van der Waals surface area contributed by atoms with Crippen LogP contribution < -0.4 is 0 Å². The first-order valence-electron chi connectivity index (χ1n) is 3.75. The molecule has 0 aliphatic heterocycles. The first-order chi connectivity index (χ1) is 6.34. The van der Waals surface area contributed by atoms with E-state index in [1.165, 1.54) is 12.9 Å². The Hall–Kier alpha value is 0.230. The predicted molar refractivity (Wildman–Crippen MR) is 65.9 cm³/mol. The van der Waals surface area contributed by atoms with E-state index >= 15 is 0 Å². The zero-order valence-electron chi connectivity index (χ0n) is 6.70. The number of thioether (sulfide) groups is 1. The summed E-state index contributed by atoms with van der Waals surface area (Å²) in [6, 6.07) is 8.54. The lowest BCUT2D eigenvalue weighted by Gasteiger charge is -1.93. The van der Waals surface area contributed by atoms with Crippen molar-refractivity contribution in [2.75, 3.05) is 0 Å². The summed E-state index contributed by atoms with van der Waals surface area (Å²) in [5.41, 5.74) is 0. The monoisotopic (exact) mass is 290 g/mol. The SMILES string of the molecule is Brc1ccc(CSc2cccs2)s1. The molecule has 0 saturated carbocycles. The molecule has 0 amide bonds. The molecule has 2 aromatic heterocycles. The van der Waals surface area contributed by atoms with Gasteiger partial charge < -0.3 is 0 Å². The molecule has 2 aromatic rings. The van der Waals surface area contributed by atoms with Crippen molar-refractivity contribution in [3.8, 4) is 0 Å². The van der Waals surface area contributed by atoms with Gasteiger partial charge in [0.15, 0.2) is 0 Å². The Bertz CT molecular complexity index is 364. The Labute approximate surface area is 98.1 Å². The van der Waals surface area contributed by atoms with E-state index < -0.39 is 0 Å². The Morgan fingerprint density at radius 3 is 2.85 bits per heavy atom. The van der Waals surface area contributed by atoms with Crippen LogP contribution in [0.15, 0.2) is 37.6 Å². The minimum Gasteiger partial charge on any atom is -0.137 e. The van der Waals surface area contributed by atoms with Gasteiger partial charge in [-0.3, -0.25) is 0 Å². The van der Waals surface area contributed by atoms with E-state index in [1.54, 1.807) is 11.3 Å². The zero-order chi connectivity index (χ0) is 9.10. The smallest absolute Gasteiger partial charge is 0.0701 e. The normalized spacial score (nSPS) is 10.5. The van der Waals surface area contributed by atoms with Crippen LogP contribution in [-0.2, 0) is 5.75 Å². The second-order valence-corrected chi connectivity index (χ2v) is 7.20. The van der Waals surface area contributed by atoms with Crippen LogP contribution in [0.1, 0.15) is 4.88 Å². The van der Waals surface area contributed by atoms with Crippen LogP contribution in [0.3, 0.4) is 0 Å². The van der Waals surface area contributed by atoms with Gasteiger partial charge in [0.1, 0.15) is 0 Å². The lowest BCUT2D eigenvalue weighted by molar-refractivity contribution is 1.53. The number of hydrogen-bond acceptors (Lipinski definition) is 3. The molecule has 0 N–H and O–H groups in total. The van der Waals surface area contributed by atoms with Gasteiger partial charge in [-0.25, -0.2) is 0 Å². The molecule has 0 aromatic carbocycles. The molecule has 4 heteroatoms. The van der Waals surface area contributed by atoms with E-state index in [-0.39, 0.29) is 0 Å². The largest absolute Gasteiger partial charge is 0.137 e. The Kier molecular flexibility index (Phi) is 3.49. The molecule has 68 valence electrons. The molecule has 0 radical (unpaired) electrons. The second kappa shape index (κ2) is 4.64. The summed E-state index contributed by atoms with van der Waals surface area (Å²) in [5, 5.41) is 2.12. The van der Waals surface area contributed by atoms with Crippen molar-refractivity contribution in [2.24, 2.45) is 0 Å². The zero-order valence-corrected chi connectivity index (χ0v) is 10.7. The van der Waals surface area contributed by atoms with Gasteiger partial charge in [0, 0.05) is 10.6 Å². The minimum absolute atomic E-state index is 1.08. The van der Waals surface area contributed by atoms with Crippen molar-refractivity contribution in [3.05, 3.63) is 38.3 Å². The van der Waals surface area contributed by atoms with Crippen LogP contribution in [0.4, 0.5) is 0 Å². The van der Waals surface area contributed by atoms with E-state index in [4.69, 9.17) is 0 Å². The maximum atomic E-state index is 3.46. The molecule has 13 heavy (non-hydrogen) atoms. The lowest BCUT2D eigenvalue weighted by atomic mass is 10.5. The van der Waals surface area contributed by atoms with Gasteiger partial charge in [-0.2, -0.15) is 0 Å². The van der Waals surface area contributed by atoms with E-state index in [9.17, 15) is 0 Å². The summed E-state index contributed by atoms with van der Waals surface area (Å²) in [7, 11) is 0. The molecule has 0 aliphatic rings. The van der Waals surface area contributed by atoms with Gasteiger partial charge in [-0.15, -0.1) is 34.4 Å². The van der Waals surface area contributed by atoms with Crippen molar-refractivity contribution in [1.29, 1.82) is 0 Å². The standard InChI is InChI=1S/C9H7BrS3/c10-8-4-3-7(13-8)6-12-9-2-1-5-11-9/h1-5H,6H2. The Morgan fingerprint density at radius 1 is 1.31 bits per heavy atom. The molecule has 0 saturated heterocycles. The minimum atomic E-state index is 1.08. The van der Waals surface area contributed by atoms with E-state index in [2.05, 4.69) is 45.6 Å². The summed E-state index contributed by atoms with van der Waals surface area (Å²) < 4.78 is 2.61. The molecule has 2 rings (SSSR count). The number of halogens is 1. The van der Waals surface area contributed by atoms with Crippen LogP contribution in [0.25, 0.3) is 0 Å². The molecule has 0 unspecified atom stereocenters. The molecular formula is C9H7BrS3. The summed E-state index contributed by atoms with van der Waals surface area (Å²) in [6.45, 7) is 0. The second-order valence-electron chi connectivity index (χ2n) is 2.43. The van der Waals surface area contributed by atoms with Gasteiger partial charge in [0.05, 0.1) is 8.00 Å². The third kappa shape index (κ3) is 2.84. The van der Waals surface area contributed by atoms with Gasteiger partial charge in [0.25, 0.3) is 0 Å². The van der Waals surface area contributed by atoms with Crippen LogP contribution in [0.5, 0.6) is 0 Å². The number of hydrogen-bond donors (Lipinski definition) is 0. The fraction of sp³-hybridized carbons (Fsp3) is 0.111. The van der Waals surface area contributed by atoms with E-state index in [1.807, 2.05) is 23.1 Å². The fourth-order valence-corrected chi connectivity index (χ4v) is 4.23. The van der Waals surface area contributed by atoms with Gasteiger partial charge in [-0.1, -0.05) is 6.07 Å². The Balaban J connectivity index is 1.93. The number of thiophene rings is 2. The lowest BCUT2D eigenvalue weighted by Crippen LogP contribution is -1.68. The highest BCUT2D eigenvalue weighted by molar-refractivity contribution is 9.11. The van der Waals surface area contributed by atoms with Crippen molar-refractivity contribution < 1.29 is 0 Å². The quantitative estimate of drug-likeness (QED) is 0.727. The maximum Gasteiger partial charge on any atom is 0.0701 e. The third-order valence-corrected chi connectivity index (χ3v) is 5.47. The average Bonchev–Trinajstić information content (AvgIpc) is 2.71. The third-order valence-electron chi connectivity index (χ3n) is 1.48. The Morgan fingerprint density at radius 2 is 2.23 bits per heavy atom. The summed E-state index contributed by atoms with van der Waals surface area (Å²) >= 11 is 8.98. The maximum absolute atomic E-state index is 3.46. The summed E-state index contributed by atoms with van der Waals surface area (Å²) in [6.07, 6.45) is 0. The van der Waals surface area contributed by atoms with Gasteiger partial charge >= 0.3 is 0 Å². The molecule has 0 atom stereocenters. The van der Waals surface area contributed by atoms with Gasteiger partial charge in [0.2, 0.25) is 0 Å².